The standard InChI is InChI=1S/C18H14O5/c19-17-12-8-10(14-2-1-7-22-14)3-5-15(12)23-16-6-4-11(18(20)21)9-13(16)17/h3-6,8-9,14H,1-2,7H2,(H,20,21). The van der Waals surface area contributed by atoms with E-state index < -0.39 is 5.97 Å². The Hall–Kier alpha value is -2.66. The number of carboxylic acid groups (broad SMARTS) is 1. The van der Waals surface area contributed by atoms with E-state index in [1.165, 1.54) is 18.2 Å². The second-order valence-corrected chi connectivity index (χ2v) is 5.70. The van der Waals surface area contributed by atoms with Gasteiger partial charge in [0.2, 0.25) is 5.43 Å². The summed E-state index contributed by atoms with van der Waals surface area (Å²) >= 11 is 0. The van der Waals surface area contributed by atoms with E-state index in [2.05, 4.69) is 0 Å². The van der Waals surface area contributed by atoms with E-state index in [0.29, 0.717) is 16.6 Å². The second-order valence-electron chi connectivity index (χ2n) is 5.70. The van der Waals surface area contributed by atoms with E-state index in [4.69, 9.17) is 14.3 Å². The molecule has 1 N–H and O–H groups in total. The van der Waals surface area contributed by atoms with Crippen LogP contribution in [-0.4, -0.2) is 17.7 Å². The highest BCUT2D eigenvalue weighted by Crippen LogP contribution is 2.30. The summed E-state index contributed by atoms with van der Waals surface area (Å²) in [6.45, 7) is 0.733. The monoisotopic (exact) mass is 310 g/mol. The Morgan fingerprint density at radius 2 is 1.83 bits per heavy atom. The Morgan fingerprint density at radius 1 is 1.09 bits per heavy atom. The van der Waals surface area contributed by atoms with Gasteiger partial charge in [-0.25, -0.2) is 4.79 Å². The molecule has 3 aromatic rings. The molecule has 23 heavy (non-hydrogen) atoms. The SMILES string of the molecule is O=C(O)c1ccc2oc3ccc(C4CCCO4)cc3c(=O)c2c1. The Kier molecular flexibility index (Phi) is 3.16. The molecule has 0 saturated carbocycles. The lowest BCUT2D eigenvalue weighted by molar-refractivity contribution is 0.0697. The Labute approximate surface area is 131 Å². The number of ether oxygens (including phenoxy) is 1. The molecule has 1 aliphatic rings. The number of hydrogen-bond acceptors (Lipinski definition) is 4. The van der Waals surface area contributed by atoms with E-state index in [1.807, 2.05) is 6.07 Å². The van der Waals surface area contributed by atoms with Gasteiger partial charge in [-0.05, 0) is 48.7 Å². The Morgan fingerprint density at radius 3 is 2.52 bits per heavy atom. The van der Waals surface area contributed by atoms with Crippen molar-refractivity contribution in [2.45, 2.75) is 18.9 Å². The minimum Gasteiger partial charge on any atom is -0.478 e. The molecular weight excluding hydrogens is 296 g/mol. The molecule has 0 bridgehead atoms. The van der Waals surface area contributed by atoms with Crippen molar-refractivity contribution >= 4 is 27.9 Å². The molecule has 1 fully saturated rings. The first-order chi connectivity index (χ1) is 11.1. The zero-order valence-electron chi connectivity index (χ0n) is 12.2. The average molecular weight is 310 g/mol. The summed E-state index contributed by atoms with van der Waals surface area (Å²) in [5.74, 6) is -1.07. The summed E-state index contributed by atoms with van der Waals surface area (Å²) in [5.41, 5.74) is 1.68. The van der Waals surface area contributed by atoms with Crippen molar-refractivity contribution < 1.29 is 19.1 Å². The molecule has 5 nitrogen and oxygen atoms in total. The normalized spacial score (nSPS) is 17.8. The molecule has 2 aromatic carbocycles. The van der Waals surface area contributed by atoms with Crippen molar-refractivity contribution in [1.82, 2.24) is 0 Å². The number of carboxylic acids is 1. The summed E-state index contributed by atoms with van der Waals surface area (Å²) in [4.78, 5) is 23.8. The fraction of sp³-hybridized carbons (Fsp3) is 0.222. The molecule has 5 heteroatoms. The van der Waals surface area contributed by atoms with Gasteiger partial charge in [-0.1, -0.05) is 6.07 Å². The molecule has 1 aromatic heterocycles. The van der Waals surface area contributed by atoms with Crippen LogP contribution in [-0.2, 0) is 4.74 Å². The molecule has 0 spiro atoms. The first-order valence-electron chi connectivity index (χ1n) is 7.49. The van der Waals surface area contributed by atoms with E-state index >= 15 is 0 Å². The number of rotatable bonds is 2. The van der Waals surface area contributed by atoms with Crippen LogP contribution in [0.1, 0.15) is 34.9 Å². The van der Waals surface area contributed by atoms with Gasteiger partial charge in [-0.2, -0.15) is 0 Å². The molecule has 2 heterocycles. The molecule has 4 rings (SSSR count). The van der Waals surface area contributed by atoms with Crippen molar-refractivity contribution in [3.05, 3.63) is 57.7 Å². The van der Waals surface area contributed by atoms with E-state index in [9.17, 15) is 9.59 Å². The molecule has 0 amide bonds. The smallest absolute Gasteiger partial charge is 0.335 e. The maximum Gasteiger partial charge on any atom is 0.335 e. The van der Waals surface area contributed by atoms with E-state index in [-0.39, 0.29) is 22.5 Å². The van der Waals surface area contributed by atoms with Gasteiger partial charge in [0.25, 0.3) is 0 Å². The minimum absolute atomic E-state index is 0.0138. The van der Waals surface area contributed by atoms with Gasteiger partial charge in [0.15, 0.2) is 0 Å². The van der Waals surface area contributed by atoms with Gasteiger partial charge < -0.3 is 14.3 Å². The summed E-state index contributed by atoms with van der Waals surface area (Å²) in [6.07, 6.45) is 1.96. The first-order valence-corrected chi connectivity index (χ1v) is 7.49. The zero-order chi connectivity index (χ0) is 16.0. The fourth-order valence-corrected chi connectivity index (χ4v) is 3.05. The lowest BCUT2D eigenvalue weighted by atomic mass is 10.0. The lowest BCUT2D eigenvalue weighted by Crippen LogP contribution is -2.06. The summed E-state index contributed by atoms with van der Waals surface area (Å²) in [7, 11) is 0. The number of aromatic carboxylic acids is 1. The molecule has 1 aliphatic heterocycles. The highest BCUT2D eigenvalue weighted by molar-refractivity contribution is 5.96. The van der Waals surface area contributed by atoms with Crippen molar-refractivity contribution in [2.75, 3.05) is 6.61 Å². The van der Waals surface area contributed by atoms with Crippen LogP contribution in [0.4, 0.5) is 0 Å². The highest BCUT2D eigenvalue weighted by Gasteiger charge is 2.19. The van der Waals surface area contributed by atoms with Gasteiger partial charge in [0.05, 0.1) is 22.4 Å². The quantitative estimate of drug-likeness (QED) is 0.733. The van der Waals surface area contributed by atoms with Gasteiger partial charge in [0, 0.05) is 6.61 Å². The van der Waals surface area contributed by atoms with Crippen LogP contribution >= 0.6 is 0 Å². The van der Waals surface area contributed by atoms with Gasteiger partial charge in [-0.3, -0.25) is 4.79 Å². The van der Waals surface area contributed by atoms with Crippen molar-refractivity contribution in [1.29, 1.82) is 0 Å². The maximum absolute atomic E-state index is 12.7. The minimum atomic E-state index is -1.07. The molecule has 116 valence electrons. The fourth-order valence-electron chi connectivity index (χ4n) is 3.05. The second kappa shape index (κ2) is 5.21. The van der Waals surface area contributed by atoms with Crippen LogP contribution < -0.4 is 5.43 Å². The Bertz CT molecular complexity index is 980. The molecule has 0 radical (unpaired) electrons. The highest BCUT2D eigenvalue weighted by atomic mass is 16.5. The maximum atomic E-state index is 12.7. The number of fused-ring (bicyclic) bond motifs is 2. The van der Waals surface area contributed by atoms with Crippen molar-refractivity contribution in [2.24, 2.45) is 0 Å². The van der Waals surface area contributed by atoms with Crippen LogP contribution in [0.25, 0.3) is 21.9 Å². The van der Waals surface area contributed by atoms with Gasteiger partial charge >= 0.3 is 5.97 Å². The molecule has 1 saturated heterocycles. The van der Waals surface area contributed by atoms with Gasteiger partial charge in [0.1, 0.15) is 11.2 Å². The van der Waals surface area contributed by atoms with E-state index in [1.54, 1.807) is 12.1 Å². The third-order valence-corrected chi connectivity index (χ3v) is 4.24. The topological polar surface area (TPSA) is 76.7 Å². The lowest BCUT2D eigenvalue weighted by Gasteiger charge is -2.10. The van der Waals surface area contributed by atoms with Crippen molar-refractivity contribution in [3.8, 4) is 0 Å². The largest absolute Gasteiger partial charge is 0.478 e. The molecule has 1 unspecified atom stereocenters. The van der Waals surface area contributed by atoms with Crippen LogP contribution in [0, 0.1) is 0 Å². The van der Waals surface area contributed by atoms with Crippen LogP contribution in [0.3, 0.4) is 0 Å². The predicted molar refractivity (Wildman–Crippen MR) is 84.9 cm³/mol. The van der Waals surface area contributed by atoms with Gasteiger partial charge in [-0.15, -0.1) is 0 Å². The molecule has 0 aliphatic carbocycles. The van der Waals surface area contributed by atoms with E-state index in [0.717, 1.165) is 25.0 Å². The predicted octanol–water partition coefficient (Wildman–Crippen LogP) is 3.50. The first kappa shape index (κ1) is 14.0. The van der Waals surface area contributed by atoms with Crippen molar-refractivity contribution in [3.63, 3.8) is 0 Å². The average Bonchev–Trinajstić information content (AvgIpc) is 3.09. The van der Waals surface area contributed by atoms with Crippen LogP contribution in [0.5, 0.6) is 0 Å². The Balaban J connectivity index is 1.96. The zero-order valence-corrected chi connectivity index (χ0v) is 12.2. The summed E-state index contributed by atoms with van der Waals surface area (Å²) < 4.78 is 11.4. The third-order valence-electron chi connectivity index (χ3n) is 4.24. The summed E-state index contributed by atoms with van der Waals surface area (Å²) in [5, 5.41) is 9.82. The molecular formula is C18H14O5. The van der Waals surface area contributed by atoms with Crippen LogP contribution in [0.2, 0.25) is 0 Å². The number of hydrogen-bond donors (Lipinski definition) is 1. The summed E-state index contributed by atoms with van der Waals surface area (Å²) in [6, 6.07) is 9.80. The molecule has 1 atom stereocenters. The third kappa shape index (κ3) is 2.29. The van der Waals surface area contributed by atoms with Crippen LogP contribution in [0.15, 0.2) is 45.6 Å². The number of benzene rings is 2. The number of carbonyl (C=O) groups is 1.